The predicted octanol–water partition coefficient (Wildman–Crippen LogP) is 3.45. The summed E-state index contributed by atoms with van der Waals surface area (Å²) in [7, 11) is 0. The molecular formula is C15H20N2O. The molecule has 0 aliphatic heterocycles. The van der Waals surface area contributed by atoms with E-state index in [4.69, 9.17) is 10.2 Å². The van der Waals surface area contributed by atoms with Crippen molar-refractivity contribution in [2.45, 2.75) is 39.5 Å². The van der Waals surface area contributed by atoms with E-state index < -0.39 is 0 Å². The molecule has 0 atom stereocenters. The minimum absolute atomic E-state index is 0.186. The van der Waals surface area contributed by atoms with Crippen molar-refractivity contribution in [3.05, 3.63) is 46.8 Å². The summed E-state index contributed by atoms with van der Waals surface area (Å²) in [4.78, 5) is 4.08. The summed E-state index contributed by atoms with van der Waals surface area (Å²) in [5, 5.41) is 0. The fourth-order valence-electron chi connectivity index (χ4n) is 1.92. The van der Waals surface area contributed by atoms with Gasteiger partial charge in [-0.1, -0.05) is 45.0 Å². The molecule has 0 saturated carbocycles. The van der Waals surface area contributed by atoms with Crippen LogP contribution in [0.4, 0.5) is 6.01 Å². The molecule has 0 radical (unpaired) electrons. The highest BCUT2D eigenvalue weighted by Gasteiger charge is 2.13. The molecule has 0 aliphatic carbocycles. The normalized spacial score (nSPS) is 11.8. The molecule has 0 bridgehead atoms. The van der Waals surface area contributed by atoms with Crippen LogP contribution in [-0.4, -0.2) is 4.98 Å². The van der Waals surface area contributed by atoms with Gasteiger partial charge in [-0.15, -0.1) is 0 Å². The number of anilines is 1. The van der Waals surface area contributed by atoms with E-state index in [0.29, 0.717) is 0 Å². The predicted molar refractivity (Wildman–Crippen MR) is 73.6 cm³/mol. The summed E-state index contributed by atoms with van der Waals surface area (Å²) >= 11 is 0. The zero-order valence-corrected chi connectivity index (χ0v) is 11.4. The monoisotopic (exact) mass is 244 g/mol. The van der Waals surface area contributed by atoms with Crippen LogP contribution in [0.2, 0.25) is 0 Å². The van der Waals surface area contributed by atoms with Crippen LogP contribution >= 0.6 is 0 Å². The zero-order chi connectivity index (χ0) is 13.3. The minimum atomic E-state index is 0.186. The fourth-order valence-corrected chi connectivity index (χ4v) is 1.92. The second kappa shape index (κ2) is 4.48. The summed E-state index contributed by atoms with van der Waals surface area (Å²) < 4.78 is 5.38. The molecule has 1 aromatic carbocycles. The second-order valence-corrected chi connectivity index (χ2v) is 5.68. The van der Waals surface area contributed by atoms with Gasteiger partial charge in [-0.3, -0.25) is 0 Å². The number of nitrogen functional groups attached to an aromatic ring is 1. The van der Waals surface area contributed by atoms with Crippen molar-refractivity contribution in [2.24, 2.45) is 0 Å². The van der Waals surface area contributed by atoms with E-state index in [1.807, 2.05) is 6.92 Å². The number of benzene rings is 1. The lowest BCUT2D eigenvalue weighted by molar-refractivity contribution is 0.532. The molecule has 0 saturated heterocycles. The Morgan fingerprint density at radius 2 is 1.78 bits per heavy atom. The number of nitrogens with two attached hydrogens (primary N) is 1. The Morgan fingerprint density at radius 3 is 2.22 bits per heavy atom. The maximum absolute atomic E-state index is 5.54. The Balaban J connectivity index is 2.18. The van der Waals surface area contributed by atoms with Crippen LogP contribution in [0.3, 0.4) is 0 Å². The van der Waals surface area contributed by atoms with Gasteiger partial charge >= 0.3 is 0 Å². The van der Waals surface area contributed by atoms with Gasteiger partial charge in [-0.2, -0.15) is 4.98 Å². The first kappa shape index (κ1) is 12.7. The quantitative estimate of drug-likeness (QED) is 0.880. The Kier molecular flexibility index (Phi) is 3.16. The molecule has 2 aromatic rings. The summed E-state index contributed by atoms with van der Waals surface area (Å²) in [6, 6.07) is 8.86. The molecule has 96 valence electrons. The third kappa shape index (κ3) is 2.73. The number of aromatic nitrogens is 1. The first-order valence-corrected chi connectivity index (χ1v) is 6.17. The van der Waals surface area contributed by atoms with E-state index in [9.17, 15) is 0 Å². The second-order valence-electron chi connectivity index (χ2n) is 5.68. The molecule has 3 nitrogen and oxygen atoms in total. The van der Waals surface area contributed by atoms with E-state index in [-0.39, 0.29) is 11.4 Å². The first-order valence-electron chi connectivity index (χ1n) is 6.17. The molecule has 0 aliphatic rings. The van der Waals surface area contributed by atoms with E-state index in [1.54, 1.807) is 0 Å². The van der Waals surface area contributed by atoms with E-state index in [2.05, 4.69) is 50.0 Å². The molecule has 3 heteroatoms. The van der Waals surface area contributed by atoms with Crippen LogP contribution in [0.5, 0.6) is 0 Å². The fraction of sp³-hybridized carbons (Fsp3) is 0.400. The summed E-state index contributed by atoms with van der Waals surface area (Å²) in [6.07, 6.45) is 0.737. The highest BCUT2D eigenvalue weighted by atomic mass is 16.4. The van der Waals surface area contributed by atoms with Gasteiger partial charge in [0.15, 0.2) is 0 Å². The Bertz CT molecular complexity index is 533. The molecule has 18 heavy (non-hydrogen) atoms. The number of hydrogen-bond donors (Lipinski definition) is 1. The van der Waals surface area contributed by atoms with Crippen LogP contribution in [0.15, 0.2) is 28.7 Å². The molecule has 0 unspecified atom stereocenters. The van der Waals surface area contributed by atoms with Gasteiger partial charge in [0, 0.05) is 6.42 Å². The molecule has 0 fully saturated rings. The standard InChI is InChI=1S/C15H20N2O/c1-10-13(18-14(16)17-10)9-11-5-7-12(8-6-11)15(2,3)4/h5-8H,9H2,1-4H3,(H2,16,17). The van der Waals surface area contributed by atoms with Crippen LogP contribution in [-0.2, 0) is 11.8 Å². The van der Waals surface area contributed by atoms with Crippen LogP contribution in [0.25, 0.3) is 0 Å². The van der Waals surface area contributed by atoms with Gasteiger partial charge in [0.05, 0.1) is 5.69 Å². The lowest BCUT2D eigenvalue weighted by atomic mass is 9.86. The molecular weight excluding hydrogens is 224 g/mol. The third-order valence-electron chi connectivity index (χ3n) is 3.09. The molecule has 2 rings (SSSR count). The van der Waals surface area contributed by atoms with Crippen molar-refractivity contribution in [1.82, 2.24) is 4.98 Å². The molecule has 0 spiro atoms. The van der Waals surface area contributed by atoms with Crippen LogP contribution < -0.4 is 5.73 Å². The number of rotatable bonds is 2. The average molecular weight is 244 g/mol. The summed E-state index contributed by atoms with van der Waals surface area (Å²) in [5.41, 5.74) is 9.13. The Labute approximate surface area is 108 Å². The van der Waals surface area contributed by atoms with Crippen molar-refractivity contribution in [2.75, 3.05) is 5.73 Å². The van der Waals surface area contributed by atoms with E-state index in [0.717, 1.165) is 17.9 Å². The summed E-state index contributed by atoms with van der Waals surface area (Å²) in [5.74, 6) is 0.844. The van der Waals surface area contributed by atoms with Gasteiger partial charge in [-0.25, -0.2) is 0 Å². The maximum atomic E-state index is 5.54. The number of oxazole rings is 1. The first-order chi connectivity index (χ1) is 8.36. The SMILES string of the molecule is Cc1nc(N)oc1Cc1ccc(C(C)(C)C)cc1. The highest BCUT2D eigenvalue weighted by Crippen LogP contribution is 2.23. The van der Waals surface area contributed by atoms with Gasteiger partial charge in [0.1, 0.15) is 5.76 Å². The maximum Gasteiger partial charge on any atom is 0.292 e. The zero-order valence-electron chi connectivity index (χ0n) is 11.4. The minimum Gasteiger partial charge on any atom is -0.428 e. The van der Waals surface area contributed by atoms with Gasteiger partial charge in [-0.05, 0) is 23.5 Å². The molecule has 1 heterocycles. The van der Waals surface area contributed by atoms with Crippen molar-refractivity contribution < 1.29 is 4.42 Å². The largest absolute Gasteiger partial charge is 0.428 e. The number of aryl methyl sites for hydroxylation is 1. The lowest BCUT2D eigenvalue weighted by Gasteiger charge is -2.19. The van der Waals surface area contributed by atoms with Crippen molar-refractivity contribution in [1.29, 1.82) is 0 Å². The average Bonchev–Trinajstić information content (AvgIpc) is 2.57. The molecule has 0 amide bonds. The molecule has 1 aromatic heterocycles. The van der Waals surface area contributed by atoms with E-state index in [1.165, 1.54) is 11.1 Å². The topological polar surface area (TPSA) is 52.0 Å². The van der Waals surface area contributed by atoms with Crippen molar-refractivity contribution in [3.8, 4) is 0 Å². The van der Waals surface area contributed by atoms with Crippen molar-refractivity contribution >= 4 is 6.01 Å². The highest BCUT2D eigenvalue weighted by molar-refractivity contribution is 5.31. The number of nitrogens with zero attached hydrogens (tertiary/aromatic N) is 1. The van der Waals surface area contributed by atoms with Crippen LogP contribution in [0, 0.1) is 6.92 Å². The number of hydrogen-bond acceptors (Lipinski definition) is 3. The van der Waals surface area contributed by atoms with Gasteiger partial charge in [0.2, 0.25) is 0 Å². The Morgan fingerprint density at radius 1 is 1.17 bits per heavy atom. The van der Waals surface area contributed by atoms with Crippen molar-refractivity contribution in [3.63, 3.8) is 0 Å². The van der Waals surface area contributed by atoms with Gasteiger partial charge in [0.25, 0.3) is 6.01 Å². The van der Waals surface area contributed by atoms with Gasteiger partial charge < -0.3 is 10.2 Å². The summed E-state index contributed by atoms with van der Waals surface area (Å²) in [6.45, 7) is 8.55. The Hall–Kier alpha value is -1.77. The molecule has 2 N–H and O–H groups in total. The van der Waals surface area contributed by atoms with Crippen LogP contribution in [0.1, 0.15) is 43.4 Å². The lowest BCUT2D eigenvalue weighted by Crippen LogP contribution is -2.10. The third-order valence-corrected chi connectivity index (χ3v) is 3.09. The smallest absolute Gasteiger partial charge is 0.292 e. The van der Waals surface area contributed by atoms with E-state index >= 15 is 0 Å².